The van der Waals surface area contributed by atoms with E-state index in [1.54, 1.807) is 0 Å². The zero-order chi connectivity index (χ0) is 12.8. The number of nitrogens with zero attached hydrogens (tertiary/aromatic N) is 2. The van der Waals surface area contributed by atoms with Crippen LogP contribution in [0.25, 0.3) is 0 Å². The van der Waals surface area contributed by atoms with Crippen molar-refractivity contribution in [2.75, 3.05) is 32.7 Å². The summed E-state index contributed by atoms with van der Waals surface area (Å²) in [6.45, 7) is 6.97. The van der Waals surface area contributed by atoms with Gasteiger partial charge >= 0.3 is 6.03 Å². The van der Waals surface area contributed by atoms with Crippen molar-refractivity contribution in [3.63, 3.8) is 0 Å². The van der Waals surface area contributed by atoms with Crippen LogP contribution in [0.1, 0.15) is 45.4 Å². The fraction of sp³-hybridized carbons (Fsp3) is 0.929. The summed E-state index contributed by atoms with van der Waals surface area (Å²) in [7, 11) is 0. The number of likely N-dealkylation sites (N-methyl/N-ethyl adjacent to an activating group) is 1. The largest absolute Gasteiger partial charge is 0.337 e. The Morgan fingerprint density at radius 2 is 1.89 bits per heavy atom. The molecule has 1 saturated heterocycles. The van der Waals surface area contributed by atoms with Gasteiger partial charge in [0.2, 0.25) is 0 Å². The minimum absolute atomic E-state index is 0.142. The monoisotopic (exact) mass is 253 g/mol. The van der Waals surface area contributed by atoms with Gasteiger partial charge in [0.25, 0.3) is 0 Å². The number of hydrogen-bond donors (Lipinski definition) is 1. The van der Waals surface area contributed by atoms with E-state index < -0.39 is 0 Å². The van der Waals surface area contributed by atoms with Crippen LogP contribution in [-0.2, 0) is 0 Å². The number of nitrogens with one attached hydrogen (secondary N) is 1. The van der Waals surface area contributed by atoms with Gasteiger partial charge in [0.15, 0.2) is 0 Å². The molecule has 1 aliphatic carbocycles. The normalized spacial score (nSPS) is 20.9. The van der Waals surface area contributed by atoms with Crippen molar-refractivity contribution in [3.8, 4) is 0 Å². The molecule has 18 heavy (non-hydrogen) atoms. The maximum absolute atomic E-state index is 12.0. The first-order valence-electron chi connectivity index (χ1n) is 7.58. The number of amides is 2. The summed E-state index contributed by atoms with van der Waals surface area (Å²) in [5.74, 6) is 0. The van der Waals surface area contributed by atoms with Gasteiger partial charge in [0.05, 0.1) is 0 Å². The molecule has 1 saturated carbocycles. The van der Waals surface area contributed by atoms with E-state index in [2.05, 4.69) is 17.1 Å². The molecule has 4 nitrogen and oxygen atoms in total. The lowest BCUT2D eigenvalue weighted by atomic mass is 10.2. The topological polar surface area (TPSA) is 35.6 Å². The maximum Gasteiger partial charge on any atom is 0.317 e. The maximum atomic E-state index is 12.0. The van der Waals surface area contributed by atoms with Gasteiger partial charge in [0, 0.05) is 32.2 Å². The van der Waals surface area contributed by atoms with Gasteiger partial charge in [-0.2, -0.15) is 0 Å². The van der Waals surface area contributed by atoms with Gasteiger partial charge in [0.1, 0.15) is 0 Å². The summed E-state index contributed by atoms with van der Waals surface area (Å²) in [6.07, 6.45) is 7.55. The number of carbonyl (C=O) groups is 1. The Kier molecular flexibility index (Phi) is 5.29. The predicted molar refractivity (Wildman–Crippen MR) is 73.7 cm³/mol. The molecule has 0 radical (unpaired) electrons. The molecule has 2 amide bonds. The van der Waals surface area contributed by atoms with Gasteiger partial charge in [-0.05, 0) is 32.2 Å². The summed E-state index contributed by atoms with van der Waals surface area (Å²) < 4.78 is 0. The third-order valence-electron chi connectivity index (χ3n) is 4.04. The Morgan fingerprint density at radius 1 is 1.22 bits per heavy atom. The van der Waals surface area contributed by atoms with E-state index in [0.717, 1.165) is 51.6 Å². The fourth-order valence-electron chi connectivity index (χ4n) is 2.73. The van der Waals surface area contributed by atoms with E-state index in [1.165, 1.54) is 25.7 Å². The first-order valence-corrected chi connectivity index (χ1v) is 7.58. The van der Waals surface area contributed by atoms with Crippen LogP contribution in [0.4, 0.5) is 4.79 Å². The zero-order valence-electron chi connectivity index (χ0n) is 11.7. The molecule has 1 N–H and O–H groups in total. The Balaban J connectivity index is 1.63. The van der Waals surface area contributed by atoms with Crippen LogP contribution < -0.4 is 5.32 Å². The first kappa shape index (κ1) is 13.7. The number of likely N-dealkylation sites (tertiary alicyclic amines) is 1. The van der Waals surface area contributed by atoms with Crippen molar-refractivity contribution in [3.05, 3.63) is 0 Å². The quantitative estimate of drug-likeness (QED) is 0.814. The molecule has 2 aliphatic rings. The van der Waals surface area contributed by atoms with Crippen LogP contribution in [0, 0.1) is 0 Å². The van der Waals surface area contributed by atoms with E-state index in [0.29, 0.717) is 0 Å². The van der Waals surface area contributed by atoms with E-state index >= 15 is 0 Å². The van der Waals surface area contributed by atoms with Gasteiger partial charge < -0.3 is 10.2 Å². The van der Waals surface area contributed by atoms with E-state index in [-0.39, 0.29) is 6.03 Å². The van der Waals surface area contributed by atoms with Crippen LogP contribution in [0.5, 0.6) is 0 Å². The van der Waals surface area contributed by atoms with Gasteiger partial charge in [-0.1, -0.05) is 19.8 Å². The molecule has 0 aromatic carbocycles. The summed E-state index contributed by atoms with van der Waals surface area (Å²) in [5, 5.41) is 3.07. The molecule has 0 spiro atoms. The van der Waals surface area contributed by atoms with Crippen molar-refractivity contribution in [2.45, 2.75) is 51.5 Å². The lowest BCUT2D eigenvalue weighted by Gasteiger charge is -2.23. The summed E-state index contributed by atoms with van der Waals surface area (Å²) in [4.78, 5) is 16.5. The Labute approximate surface area is 111 Å². The van der Waals surface area contributed by atoms with Gasteiger partial charge in [-0.15, -0.1) is 0 Å². The molecule has 0 unspecified atom stereocenters. The number of carbonyl (C=O) groups excluding carboxylic acids is 1. The smallest absolute Gasteiger partial charge is 0.317 e. The van der Waals surface area contributed by atoms with Crippen molar-refractivity contribution in [1.29, 1.82) is 0 Å². The molecule has 2 rings (SSSR count). The second kappa shape index (κ2) is 6.98. The molecular formula is C14H27N3O. The Morgan fingerprint density at radius 3 is 2.44 bits per heavy atom. The molecule has 0 bridgehead atoms. The third kappa shape index (κ3) is 4.16. The molecular weight excluding hydrogens is 226 g/mol. The number of hydrogen-bond acceptors (Lipinski definition) is 2. The molecule has 1 heterocycles. The highest BCUT2D eigenvalue weighted by Gasteiger charge is 2.27. The second-order valence-electron chi connectivity index (χ2n) is 5.49. The SMILES string of the molecule is CCN(CCNC(=O)N1CCCCCC1)C1CC1. The van der Waals surface area contributed by atoms with Crippen molar-refractivity contribution >= 4 is 6.03 Å². The van der Waals surface area contributed by atoms with E-state index in [9.17, 15) is 4.79 Å². The second-order valence-corrected chi connectivity index (χ2v) is 5.49. The van der Waals surface area contributed by atoms with Crippen molar-refractivity contribution in [1.82, 2.24) is 15.1 Å². The third-order valence-corrected chi connectivity index (χ3v) is 4.04. The van der Waals surface area contributed by atoms with Crippen molar-refractivity contribution < 1.29 is 4.79 Å². The average Bonchev–Trinajstić information content (AvgIpc) is 3.19. The minimum Gasteiger partial charge on any atom is -0.337 e. The Hall–Kier alpha value is -0.770. The number of rotatable bonds is 5. The van der Waals surface area contributed by atoms with Crippen LogP contribution in [0.2, 0.25) is 0 Å². The van der Waals surface area contributed by atoms with Crippen LogP contribution >= 0.6 is 0 Å². The summed E-state index contributed by atoms with van der Waals surface area (Å²) >= 11 is 0. The molecule has 0 aromatic heterocycles. The highest BCUT2D eigenvalue weighted by atomic mass is 16.2. The zero-order valence-corrected chi connectivity index (χ0v) is 11.7. The molecule has 2 fully saturated rings. The number of urea groups is 1. The van der Waals surface area contributed by atoms with Crippen LogP contribution in [0.15, 0.2) is 0 Å². The Bertz CT molecular complexity index is 258. The average molecular weight is 253 g/mol. The van der Waals surface area contributed by atoms with Crippen LogP contribution in [0.3, 0.4) is 0 Å². The molecule has 104 valence electrons. The lowest BCUT2D eigenvalue weighted by Crippen LogP contribution is -2.43. The molecule has 1 aliphatic heterocycles. The van der Waals surface area contributed by atoms with Crippen molar-refractivity contribution in [2.24, 2.45) is 0 Å². The molecule has 0 atom stereocenters. The minimum atomic E-state index is 0.142. The first-order chi connectivity index (χ1) is 8.81. The highest BCUT2D eigenvalue weighted by Crippen LogP contribution is 2.25. The lowest BCUT2D eigenvalue weighted by molar-refractivity contribution is 0.196. The molecule has 0 aromatic rings. The highest BCUT2D eigenvalue weighted by molar-refractivity contribution is 5.74. The summed E-state index contributed by atoms with van der Waals surface area (Å²) in [6, 6.07) is 0.939. The van der Waals surface area contributed by atoms with Gasteiger partial charge in [-0.25, -0.2) is 4.79 Å². The molecule has 4 heteroatoms. The van der Waals surface area contributed by atoms with Gasteiger partial charge in [-0.3, -0.25) is 4.90 Å². The standard InChI is InChI=1S/C14H27N3O/c1-2-16(13-7-8-13)12-9-15-14(18)17-10-5-3-4-6-11-17/h13H,2-12H2,1H3,(H,15,18). The fourth-order valence-corrected chi connectivity index (χ4v) is 2.73. The predicted octanol–water partition coefficient (Wildman–Crippen LogP) is 2.06. The summed E-state index contributed by atoms with van der Waals surface area (Å²) in [5.41, 5.74) is 0. The van der Waals surface area contributed by atoms with E-state index in [1.807, 2.05) is 4.90 Å². The van der Waals surface area contributed by atoms with Crippen LogP contribution in [-0.4, -0.2) is 54.6 Å². The van der Waals surface area contributed by atoms with E-state index in [4.69, 9.17) is 0 Å².